The highest BCUT2D eigenvalue weighted by molar-refractivity contribution is 6.30. The largest absolute Gasteiger partial charge is 0.427 e. The lowest BCUT2D eigenvalue weighted by Gasteiger charge is -2.29. The summed E-state index contributed by atoms with van der Waals surface area (Å²) < 4.78 is 23.2. The standard InChI is InChI=1S/C25H30ClFN6O3/c1-14-4-6-15(7-5-14)12-33-21-18(30-23(33)25(2,27)13-35-3)9-19(22-31-24(34)36-32-22)29-20(21)16-8-17(26)11-28-10-16/h8-11,14-15,22,32H,4-7,12-13H2,1-3H3,(H,31,34). The Hall–Kier alpha value is -2.82. The van der Waals surface area contributed by atoms with Gasteiger partial charge in [0.25, 0.3) is 0 Å². The maximum Gasteiger partial charge on any atom is 0.427 e. The molecule has 0 radical (unpaired) electrons. The molecule has 4 heterocycles. The Balaban J connectivity index is 1.72. The molecule has 9 nitrogen and oxygen atoms in total. The number of aromatic nitrogens is 4. The topological polar surface area (TPSA) is 103 Å². The number of hydroxylamine groups is 1. The number of imidazole rings is 1. The number of nitrogens with zero attached hydrogens (tertiary/aromatic N) is 4. The van der Waals surface area contributed by atoms with E-state index in [0.717, 1.165) is 25.7 Å². The number of halogens is 2. The maximum absolute atomic E-state index is 16.0. The lowest BCUT2D eigenvalue weighted by molar-refractivity contribution is 0.0429. The second kappa shape index (κ2) is 9.91. The summed E-state index contributed by atoms with van der Waals surface area (Å²) >= 11 is 6.28. The third-order valence-corrected chi connectivity index (χ3v) is 7.21. The highest BCUT2D eigenvalue weighted by atomic mass is 35.5. The van der Waals surface area contributed by atoms with Gasteiger partial charge in [0.2, 0.25) is 0 Å². The third kappa shape index (κ3) is 4.89. The van der Waals surface area contributed by atoms with Gasteiger partial charge in [-0.1, -0.05) is 31.4 Å². The molecule has 1 saturated carbocycles. The Morgan fingerprint density at radius 1 is 1.25 bits per heavy atom. The summed E-state index contributed by atoms with van der Waals surface area (Å²) in [6.45, 7) is 4.24. The summed E-state index contributed by atoms with van der Waals surface area (Å²) in [4.78, 5) is 30.4. The molecule has 1 saturated heterocycles. The summed E-state index contributed by atoms with van der Waals surface area (Å²) in [7, 11) is 1.48. The fraction of sp³-hybridized carbons (Fsp3) is 0.520. The minimum absolute atomic E-state index is 0.138. The van der Waals surface area contributed by atoms with Gasteiger partial charge in [-0.3, -0.25) is 10.3 Å². The molecule has 3 aromatic rings. The molecule has 2 N–H and O–H groups in total. The highest BCUT2D eigenvalue weighted by Gasteiger charge is 2.36. The van der Waals surface area contributed by atoms with Gasteiger partial charge in [0.1, 0.15) is 5.82 Å². The quantitative estimate of drug-likeness (QED) is 0.453. The molecule has 36 heavy (non-hydrogen) atoms. The number of methoxy groups -OCH3 is 1. The first kappa shape index (κ1) is 24.9. The number of pyridine rings is 2. The summed E-state index contributed by atoms with van der Waals surface area (Å²) in [6, 6.07) is 3.51. The molecule has 0 aromatic carbocycles. The monoisotopic (exact) mass is 516 g/mol. The summed E-state index contributed by atoms with van der Waals surface area (Å²) in [6.07, 6.45) is 6.36. The van der Waals surface area contributed by atoms with Crippen molar-refractivity contribution in [3.05, 3.63) is 41.1 Å². The van der Waals surface area contributed by atoms with E-state index in [-0.39, 0.29) is 12.4 Å². The minimum Gasteiger partial charge on any atom is -0.381 e. The molecule has 5 rings (SSSR count). The molecular weight excluding hydrogens is 487 g/mol. The lowest BCUT2D eigenvalue weighted by Crippen LogP contribution is -2.29. The highest BCUT2D eigenvalue weighted by Crippen LogP contribution is 2.38. The molecule has 0 spiro atoms. The van der Waals surface area contributed by atoms with Gasteiger partial charge in [0.05, 0.1) is 34.1 Å². The van der Waals surface area contributed by atoms with Crippen LogP contribution in [0.5, 0.6) is 0 Å². The van der Waals surface area contributed by atoms with Crippen LogP contribution in [0.25, 0.3) is 22.3 Å². The summed E-state index contributed by atoms with van der Waals surface area (Å²) in [5.41, 5.74) is 3.73. The molecule has 3 aromatic heterocycles. The zero-order chi connectivity index (χ0) is 25.4. The molecule has 0 bridgehead atoms. The first-order valence-corrected chi connectivity index (χ1v) is 12.6. The molecule has 1 amide bonds. The van der Waals surface area contributed by atoms with E-state index in [1.165, 1.54) is 14.0 Å². The number of alkyl halides is 1. The Bertz CT molecular complexity index is 1270. The van der Waals surface area contributed by atoms with Crippen molar-refractivity contribution in [2.75, 3.05) is 13.7 Å². The number of hydrogen-bond donors (Lipinski definition) is 2. The molecule has 192 valence electrons. The van der Waals surface area contributed by atoms with Crippen LogP contribution in [0, 0.1) is 11.8 Å². The van der Waals surface area contributed by atoms with Crippen molar-refractivity contribution < 1.29 is 18.8 Å². The van der Waals surface area contributed by atoms with Crippen LogP contribution < -0.4 is 10.8 Å². The first-order valence-electron chi connectivity index (χ1n) is 12.2. The third-order valence-electron chi connectivity index (χ3n) is 7.01. The normalized spacial score (nSPS) is 23.9. The molecule has 2 atom stereocenters. The Morgan fingerprint density at radius 3 is 2.69 bits per heavy atom. The van der Waals surface area contributed by atoms with E-state index in [2.05, 4.69) is 22.7 Å². The summed E-state index contributed by atoms with van der Waals surface area (Å²) in [5, 5.41) is 3.11. The van der Waals surface area contributed by atoms with Gasteiger partial charge < -0.3 is 14.1 Å². The van der Waals surface area contributed by atoms with Crippen LogP contribution in [-0.4, -0.2) is 39.3 Å². The van der Waals surface area contributed by atoms with E-state index in [4.69, 9.17) is 31.1 Å². The van der Waals surface area contributed by atoms with Gasteiger partial charge in [-0.05, 0) is 43.7 Å². The van der Waals surface area contributed by atoms with Crippen LogP contribution in [0.2, 0.25) is 5.02 Å². The van der Waals surface area contributed by atoms with Gasteiger partial charge in [-0.25, -0.2) is 19.2 Å². The van der Waals surface area contributed by atoms with Gasteiger partial charge in [-0.15, -0.1) is 5.48 Å². The Kier molecular flexibility index (Phi) is 6.84. The second-order valence-electron chi connectivity index (χ2n) is 10.0. The summed E-state index contributed by atoms with van der Waals surface area (Å²) in [5.74, 6) is 1.38. The van der Waals surface area contributed by atoms with Crippen LogP contribution in [0.15, 0.2) is 24.5 Å². The SMILES string of the molecule is COCC(C)(F)c1nc2cc(C3NOC(=O)N3)nc(-c3cncc(Cl)c3)c2n1CC1CCC(C)CC1. The lowest BCUT2D eigenvalue weighted by atomic mass is 9.83. The first-order chi connectivity index (χ1) is 17.2. The van der Waals surface area contributed by atoms with Crippen molar-refractivity contribution in [2.24, 2.45) is 11.8 Å². The zero-order valence-electron chi connectivity index (χ0n) is 20.6. The van der Waals surface area contributed by atoms with Crippen molar-refractivity contribution in [3.63, 3.8) is 0 Å². The Morgan fingerprint density at radius 2 is 2.03 bits per heavy atom. The van der Waals surface area contributed by atoms with E-state index in [1.807, 2.05) is 4.57 Å². The smallest absolute Gasteiger partial charge is 0.381 e. The second-order valence-corrected chi connectivity index (χ2v) is 10.5. The van der Waals surface area contributed by atoms with E-state index >= 15 is 4.39 Å². The van der Waals surface area contributed by atoms with Gasteiger partial charge in [0.15, 0.2) is 11.8 Å². The number of fused-ring (bicyclic) bond motifs is 1. The Labute approximate surface area is 213 Å². The van der Waals surface area contributed by atoms with Crippen molar-refractivity contribution in [2.45, 2.75) is 57.9 Å². The average molecular weight is 517 g/mol. The molecule has 2 aliphatic rings. The molecule has 1 aliphatic carbocycles. The average Bonchev–Trinajstić information content (AvgIpc) is 3.44. The molecule has 2 fully saturated rings. The van der Waals surface area contributed by atoms with Crippen LogP contribution in [0.3, 0.4) is 0 Å². The molecule has 1 aliphatic heterocycles. The molecule has 11 heteroatoms. The maximum atomic E-state index is 16.0. The van der Waals surface area contributed by atoms with Crippen LogP contribution in [0.4, 0.5) is 9.18 Å². The van der Waals surface area contributed by atoms with Crippen LogP contribution in [-0.2, 0) is 21.8 Å². The fourth-order valence-corrected chi connectivity index (χ4v) is 5.34. The number of carbonyl (C=O) groups is 1. The van der Waals surface area contributed by atoms with E-state index in [0.29, 0.717) is 51.4 Å². The minimum atomic E-state index is -1.83. The van der Waals surface area contributed by atoms with Crippen molar-refractivity contribution in [1.82, 2.24) is 30.3 Å². The van der Waals surface area contributed by atoms with Crippen LogP contribution in [0.1, 0.15) is 57.2 Å². The van der Waals surface area contributed by atoms with E-state index < -0.39 is 17.9 Å². The van der Waals surface area contributed by atoms with Gasteiger partial charge in [-0.2, -0.15) is 0 Å². The number of ether oxygens (including phenoxy) is 1. The van der Waals surface area contributed by atoms with Crippen molar-refractivity contribution >= 4 is 28.7 Å². The van der Waals surface area contributed by atoms with E-state index in [1.54, 1.807) is 24.5 Å². The predicted octanol–water partition coefficient (Wildman–Crippen LogP) is 5.05. The predicted molar refractivity (Wildman–Crippen MR) is 133 cm³/mol. The zero-order valence-corrected chi connectivity index (χ0v) is 21.3. The fourth-order valence-electron chi connectivity index (χ4n) is 5.17. The van der Waals surface area contributed by atoms with E-state index in [9.17, 15) is 4.79 Å². The molecular formula is C25H30ClFN6O3. The van der Waals surface area contributed by atoms with Crippen molar-refractivity contribution in [3.8, 4) is 11.3 Å². The van der Waals surface area contributed by atoms with Gasteiger partial charge >= 0.3 is 6.09 Å². The molecule has 2 unspecified atom stereocenters. The number of carbonyl (C=O) groups excluding carboxylic acids is 1. The van der Waals surface area contributed by atoms with Crippen LogP contribution >= 0.6 is 11.6 Å². The number of rotatable bonds is 7. The van der Waals surface area contributed by atoms with Gasteiger partial charge in [0, 0.05) is 31.6 Å². The number of amides is 1. The number of hydrogen-bond acceptors (Lipinski definition) is 7. The van der Waals surface area contributed by atoms with Crippen molar-refractivity contribution in [1.29, 1.82) is 0 Å². The number of nitrogens with one attached hydrogen (secondary N) is 2.